The average molecular weight is 316 g/mol. The van der Waals surface area contributed by atoms with E-state index in [-0.39, 0.29) is 24.0 Å². The molecule has 2 heterocycles. The molecule has 6 nitrogen and oxygen atoms in total. The molecular weight excluding hydrogens is 292 g/mol. The van der Waals surface area contributed by atoms with Gasteiger partial charge in [0.25, 0.3) is 5.91 Å². The second-order valence-corrected chi connectivity index (χ2v) is 6.25. The van der Waals surface area contributed by atoms with Gasteiger partial charge in [-0.15, -0.1) is 0 Å². The molecule has 1 aromatic carbocycles. The first-order chi connectivity index (χ1) is 11.1. The summed E-state index contributed by atoms with van der Waals surface area (Å²) in [5.41, 5.74) is 1.36. The topological polar surface area (TPSA) is 73.5 Å². The Morgan fingerprint density at radius 1 is 1.30 bits per heavy atom. The predicted octanol–water partition coefficient (Wildman–Crippen LogP) is 1.48. The summed E-state index contributed by atoms with van der Waals surface area (Å²) in [6.45, 7) is 4.49. The number of nitrogens with zero attached hydrogens (tertiary/aromatic N) is 1. The molecule has 6 heteroatoms. The summed E-state index contributed by atoms with van der Waals surface area (Å²) in [6.07, 6.45) is 2.98. The number of hydrogen-bond acceptors (Lipinski definition) is 3. The van der Waals surface area contributed by atoms with E-state index in [4.69, 9.17) is 0 Å². The molecule has 2 unspecified atom stereocenters. The van der Waals surface area contributed by atoms with Gasteiger partial charge in [-0.3, -0.25) is 9.69 Å². The Balaban J connectivity index is 1.71. The highest BCUT2D eigenvalue weighted by atomic mass is 16.2. The molecule has 2 aliphatic rings. The number of anilines is 1. The van der Waals surface area contributed by atoms with Gasteiger partial charge in [0.1, 0.15) is 0 Å². The zero-order chi connectivity index (χ0) is 16.2. The third-order valence-electron chi connectivity index (χ3n) is 4.58. The van der Waals surface area contributed by atoms with Gasteiger partial charge in [-0.1, -0.05) is 6.07 Å². The smallest absolute Gasteiger partial charge is 0.321 e. The van der Waals surface area contributed by atoms with Gasteiger partial charge in [0.05, 0.1) is 0 Å². The van der Waals surface area contributed by atoms with E-state index in [1.807, 2.05) is 12.1 Å². The van der Waals surface area contributed by atoms with Crippen molar-refractivity contribution in [2.24, 2.45) is 0 Å². The maximum atomic E-state index is 12.5. The summed E-state index contributed by atoms with van der Waals surface area (Å²) >= 11 is 0. The van der Waals surface area contributed by atoms with Crippen LogP contribution in [0.5, 0.6) is 0 Å². The summed E-state index contributed by atoms with van der Waals surface area (Å²) in [4.78, 5) is 26.1. The summed E-state index contributed by atoms with van der Waals surface area (Å²) in [5, 5.41) is 9.32. The fourth-order valence-corrected chi connectivity index (χ4v) is 3.18. The molecule has 124 valence electrons. The van der Waals surface area contributed by atoms with Crippen LogP contribution >= 0.6 is 0 Å². The van der Waals surface area contributed by atoms with Gasteiger partial charge in [-0.05, 0) is 50.9 Å². The Morgan fingerprint density at radius 2 is 2.17 bits per heavy atom. The normalized spacial score (nSPS) is 24.9. The molecule has 0 radical (unpaired) electrons. The van der Waals surface area contributed by atoms with Crippen LogP contribution in [0.25, 0.3) is 0 Å². The van der Waals surface area contributed by atoms with Crippen molar-refractivity contribution in [1.82, 2.24) is 16.0 Å². The quantitative estimate of drug-likeness (QED) is 0.791. The van der Waals surface area contributed by atoms with Crippen LogP contribution in [-0.4, -0.2) is 43.7 Å². The Bertz CT molecular complexity index is 590. The van der Waals surface area contributed by atoms with Crippen molar-refractivity contribution in [3.05, 3.63) is 29.8 Å². The van der Waals surface area contributed by atoms with Crippen molar-refractivity contribution in [3.63, 3.8) is 0 Å². The SMILES string of the molecule is CC1NCCCC1NC(=O)c1cccc(N2CCCNC2=O)c1. The monoisotopic (exact) mass is 316 g/mol. The number of benzene rings is 1. The van der Waals surface area contributed by atoms with E-state index in [9.17, 15) is 9.59 Å². The second kappa shape index (κ2) is 7.00. The van der Waals surface area contributed by atoms with E-state index in [1.54, 1.807) is 17.0 Å². The van der Waals surface area contributed by atoms with E-state index in [0.29, 0.717) is 18.7 Å². The lowest BCUT2D eigenvalue weighted by Crippen LogP contribution is -2.52. The zero-order valence-corrected chi connectivity index (χ0v) is 13.5. The minimum atomic E-state index is -0.0982. The number of piperidine rings is 1. The maximum absolute atomic E-state index is 12.5. The molecule has 3 amide bonds. The van der Waals surface area contributed by atoms with Gasteiger partial charge in [0.2, 0.25) is 0 Å². The lowest BCUT2D eigenvalue weighted by Gasteiger charge is -2.31. The van der Waals surface area contributed by atoms with Crippen LogP contribution in [0.3, 0.4) is 0 Å². The van der Waals surface area contributed by atoms with E-state index < -0.39 is 0 Å². The molecular formula is C17H24N4O2. The molecule has 2 atom stereocenters. The van der Waals surface area contributed by atoms with Crippen LogP contribution in [0.15, 0.2) is 24.3 Å². The van der Waals surface area contributed by atoms with E-state index in [1.165, 1.54) is 0 Å². The fraction of sp³-hybridized carbons (Fsp3) is 0.529. The lowest BCUT2D eigenvalue weighted by atomic mass is 9.99. The highest BCUT2D eigenvalue weighted by Gasteiger charge is 2.24. The molecule has 2 saturated heterocycles. The Labute approximate surface area is 136 Å². The second-order valence-electron chi connectivity index (χ2n) is 6.25. The van der Waals surface area contributed by atoms with E-state index in [0.717, 1.165) is 31.5 Å². The van der Waals surface area contributed by atoms with Gasteiger partial charge in [-0.25, -0.2) is 4.79 Å². The van der Waals surface area contributed by atoms with Crippen molar-refractivity contribution in [3.8, 4) is 0 Å². The average Bonchev–Trinajstić information content (AvgIpc) is 2.57. The molecule has 1 aromatic rings. The molecule has 0 spiro atoms. The first kappa shape index (κ1) is 15.8. The van der Waals surface area contributed by atoms with E-state index in [2.05, 4.69) is 22.9 Å². The molecule has 23 heavy (non-hydrogen) atoms. The number of carbonyl (C=O) groups is 2. The highest BCUT2D eigenvalue weighted by Crippen LogP contribution is 2.19. The summed E-state index contributed by atoms with van der Waals surface area (Å²) in [7, 11) is 0. The Hall–Kier alpha value is -2.08. The number of urea groups is 1. The first-order valence-electron chi connectivity index (χ1n) is 8.35. The molecule has 0 bridgehead atoms. The standard InChI is InChI=1S/C17H24N4O2/c1-12-15(7-3-8-18-12)20-16(22)13-5-2-6-14(11-13)21-10-4-9-19-17(21)23/h2,5-6,11-12,15,18H,3-4,7-10H2,1H3,(H,19,23)(H,20,22). The molecule has 0 aliphatic carbocycles. The van der Waals surface area contributed by atoms with Gasteiger partial charge in [-0.2, -0.15) is 0 Å². The van der Waals surface area contributed by atoms with Gasteiger partial charge in [0, 0.05) is 36.4 Å². The van der Waals surface area contributed by atoms with Crippen LogP contribution in [0.4, 0.5) is 10.5 Å². The first-order valence-corrected chi connectivity index (χ1v) is 8.35. The van der Waals surface area contributed by atoms with Crippen LogP contribution in [-0.2, 0) is 0 Å². The number of nitrogens with one attached hydrogen (secondary N) is 3. The van der Waals surface area contributed by atoms with Crippen molar-refractivity contribution < 1.29 is 9.59 Å². The van der Waals surface area contributed by atoms with Gasteiger partial charge in [0.15, 0.2) is 0 Å². The highest BCUT2D eigenvalue weighted by molar-refractivity contribution is 5.98. The van der Waals surface area contributed by atoms with E-state index >= 15 is 0 Å². The van der Waals surface area contributed by atoms with Gasteiger partial charge < -0.3 is 16.0 Å². The molecule has 0 aromatic heterocycles. The molecule has 0 saturated carbocycles. The number of carbonyl (C=O) groups excluding carboxylic acids is 2. The largest absolute Gasteiger partial charge is 0.348 e. The zero-order valence-electron chi connectivity index (χ0n) is 13.5. The fourth-order valence-electron chi connectivity index (χ4n) is 3.18. The van der Waals surface area contributed by atoms with Crippen molar-refractivity contribution in [1.29, 1.82) is 0 Å². The molecule has 3 N–H and O–H groups in total. The number of hydrogen-bond donors (Lipinski definition) is 3. The molecule has 3 rings (SSSR count). The number of rotatable bonds is 3. The minimum Gasteiger partial charge on any atom is -0.348 e. The third-order valence-corrected chi connectivity index (χ3v) is 4.58. The van der Waals surface area contributed by atoms with Crippen LogP contribution in [0.1, 0.15) is 36.5 Å². The Morgan fingerprint density at radius 3 is 2.96 bits per heavy atom. The van der Waals surface area contributed by atoms with Crippen LogP contribution in [0, 0.1) is 0 Å². The summed E-state index contributed by atoms with van der Waals surface area (Å²) in [5.74, 6) is -0.0789. The lowest BCUT2D eigenvalue weighted by molar-refractivity contribution is 0.0920. The number of amides is 3. The van der Waals surface area contributed by atoms with Crippen LogP contribution in [0.2, 0.25) is 0 Å². The van der Waals surface area contributed by atoms with Crippen molar-refractivity contribution >= 4 is 17.6 Å². The van der Waals surface area contributed by atoms with Gasteiger partial charge >= 0.3 is 6.03 Å². The van der Waals surface area contributed by atoms with Crippen molar-refractivity contribution in [2.75, 3.05) is 24.5 Å². The predicted molar refractivity (Wildman–Crippen MR) is 89.8 cm³/mol. The van der Waals surface area contributed by atoms with Crippen molar-refractivity contribution in [2.45, 2.75) is 38.3 Å². The maximum Gasteiger partial charge on any atom is 0.321 e. The minimum absolute atomic E-state index is 0.0789. The third kappa shape index (κ3) is 3.64. The Kier molecular flexibility index (Phi) is 4.81. The summed E-state index contributed by atoms with van der Waals surface area (Å²) in [6, 6.07) is 7.62. The summed E-state index contributed by atoms with van der Waals surface area (Å²) < 4.78 is 0. The molecule has 2 aliphatic heterocycles. The molecule has 2 fully saturated rings. The van der Waals surface area contributed by atoms with Crippen LogP contribution < -0.4 is 20.9 Å².